The number of halogens is 1. The fourth-order valence-corrected chi connectivity index (χ4v) is 6.51. The van der Waals surface area contributed by atoms with Crippen molar-refractivity contribution in [3.05, 3.63) is 142 Å². The monoisotopic (exact) mass is 637 g/mol. The lowest BCUT2D eigenvalue weighted by molar-refractivity contribution is 0.0361. The highest BCUT2D eigenvalue weighted by Crippen LogP contribution is 2.26. The maximum atomic E-state index is 14.3. The van der Waals surface area contributed by atoms with Crippen molar-refractivity contribution in [2.45, 2.75) is 37.8 Å². The lowest BCUT2D eigenvalue weighted by atomic mass is 10.1. The van der Waals surface area contributed by atoms with Gasteiger partial charge in [-0.3, -0.25) is 4.79 Å². The number of fused-ring (bicyclic) bond motifs is 1. The molecule has 0 aliphatic heterocycles. The lowest BCUT2D eigenvalue weighted by Gasteiger charge is -2.19. The molecule has 46 heavy (non-hydrogen) atoms. The van der Waals surface area contributed by atoms with Crippen molar-refractivity contribution in [2.24, 2.45) is 7.05 Å². The molecule has 0 radical (unpaired) electrons. The molecule has 3 aromatic carbocycles. The van der Waals surface area contributed by atoms with Crippen LogP contribution in [0.5, 0.6) is 0 Å². The zero-order chi connectivity index (χ0) is 32.3. The van der Waals surface area contributed by atoms with Gasteiger partial charge < -0.3 is 13.9 Å². The van der Waals surface area contributed by atoms with Gasteiger partial charge in [-0.15, -0.1) is 0 Å². The summed E-state index contributed by atoms with van der Waals surface area (Å²) in [7, 11) is -2.03. The molecule has 3 heterocycles. The summed E-state index contributed by atoms with van der Waals surface area (Å²) < 4.78 is 51.0. The van der Waals surface area contributed by atoms with Crippen molar-refractivity contribution in [3.8, 4) is 11.3 Å². The van der Waals surface area contributed by atoms with Gasteiger partial charge in [0.05, 0.1) is 48.1 Å². The number of nitrogens with zero attached hydrogens (tertiary/aromatic N) is 5. The predicted octanol–water partition coefficient (Wildman–Crippen LogP) is 5.81. The van der Waals surface area contributed by atoms with Gasteiger partial charge in [0.1, 0.15) is 5.82 Å². The summed E-state index contributed by atoms with van der Waals surface area (Å²) in [4.78, 5) is 25.9. The van der Waals surface area contributed by atoms with Crippen LogP contribution in [0.15, 0.2) is 113 Å². The zero-order valence-electron chi connectivity index (χ0n) is 25.4. The van der Waals surface area contributed by atoms with Crippen LogP contribution >= 0.6 is 0 Å². The molecule has 6 rings (SSSR count). The highest BCUT2D eigenvalue weighted by Gasteiger charge is 2.24. The summed E-state index contributed by atoms with van der Waals surface area (Å²) in [5.41, 5.74) is 5.12. The molecule has 0 spiro atoms. The molecule has 6 aromatic rings. The van der Waals surface area contributed by atoms with Crippen LogP contribution in [0.25, 0.3) is 22.3 Å². The number of sulfone groups is 1. The Morgan fingerprint density at radius 1 is 0.935 bits per heavy atom. The largest absolute Gasteiger partial charge is 0.369 e. The van der Waals surface area contributed by atoms with Crippen molar-refractivity contribution in [3.63, 3.8) is 0 Å². The van der Waals surface area contributed by atoms with E-state index in [-0.39, 0.29) is 35.3 Å². The number of pyridine rings is 1. The lowest BCUT2D eigenvalue weighted by Crippen LogP contribution is -2.19. The molecular formula is C35H32FN5O4S. The van der Waals surface area contributed by atoms with E-state index < -0.39 is 15.9 Å². The van der Waals surface area contributed by atoms with E-state index in [4.69, 9.17) is 4.74 Å². The smallest absolute Gasteiger partial charge is 0.250 e. The van der Waals surface area contributed by atoms with E-state index in [1.54, 1.807) is 54.3 Å². The second-order valence-corrected chi connectivity index (χ2v) is 13.2. The second kappa shape index (κ2) is 13.2. The van der Waals surface area contributed by atoms with Gasteiger partial charge in [0.25, 0.3) is 5.56 Å². The number of imidazole rings is 1. The van der Waals surface area contributed by atoms with Gasteiger partial charge in [0.15, 0.2) is 0 Å². The van der Waals surface area contributed by atoms with Crippen LogP contribution in [0.4, 0.5) is 4.39 Å². The summed E-state index contributed by atoms with van der Waals surface area (Å²) in [5.74, 6) is -0.675. The normalized spacial score (nSPS) is 12.4. The fourth-order valence-electron chi connectivity index (χ4n) is 5.28. The van der Waals surface area contributed by atoms with Gasteiger partial charge in [-0.25, -0.2) is 27.8 Å². The third-order valence-corrected chi connectivity index (χ3v) is 9.26. The van der Waals surface area contributed by atoms with Gasteiger partial charge in [0.2, 0.25) is 15.0 Å². The van der Waals surface area contributed by atoms with Gasteiger partial charge in [-0.05, 0) is 54.8 Å². The average molecular weight is 638 g/mol. The first-order valence-corrected chi connectivity index (χ1v) is 16.4. The van der Waals surface area contributed by atoms with Crippen molar-refractivity contribution in [1.82, 2.24) is 24.1 Å². The summed E-state index contributed by atoms with van der Waals surface area (Å²) in [6.07, 6.45) is 2.92. The number of hydrogen-bond donors (Lipinski definition) is 0. The summed E-state index contributed by atoms with van der Waals surface area (Å²) >= 11 is 0. The molecule has 9 nitrogen and oxygen atoms in total. The minimum absolute atomic E-state index is 0.0111. The van der Waals surface area contributed by atoms with E-state index in [1.165, 1.54) is 12.1 Å². The number of benzene rings is 3. The summed E-state index contributed by atoms with van der Waals surface area (Å²) in [5, 5.41) is -0.304. The van der Waals surface area contributed by atoms with E-state index in [0.29, 0.717) is 29.1 Å². The van der Waals surface area contributed by atoms with E-state index >= 15 is 0 Å². The van der Waals surface area contributed by atoms with Gasteiger partial charge in [0, 0.05) is 36.1 Å². The Kier molecular flexibility index (Phi) is 8.87. The first-order chi connectivity index (χ1) is 22.2. The third-order valence-electron chi connectivity index (χ3n) is 7.75. The SMILES string of the molecule is Cc1cc(-c2ccc(=O)n(Cc3ccc4c(c3)ncn4C)c2)nc(S(=O)(=O)CCC(OCc2ccccc2F)c2ccccc2)n1. The van der Waals surface area contributed by atoms with Gasteiger partial charge in [-0.1, -0.05) is 54.6 Å². The Hall–Kier alpha value is -5.00. The van der Waals surface area contributed by atoms with E-state index in [2.05, 4.69) is 15.0 Å². The Labute approximate surface area is 265 Å². The first kappa shape index (κ1) is 31.0. The van der Waals surface area contributed by atoms with Crippen molar-refractivity contribution < 1.29 is 17.5 Å². The van der Waals surface area contributed by atoms with Crippen LogP contribution in [0, 0.1) is 12.7 Å². The number of hydrogen-bond acceptors (Lipinski definition) is 7. The van der Waals surface area contributed by atoms with Crippen molar-refractivity contribution in [2.75, 3.05) is 5.75 Å². The minimum Gasteiger partial charge on any atom is -0.369 e. The Morgan fingerprint density at radius 2 is 1.72 bits per heavy atom. The summed E-state index contributed by atoms with van der Waals surface area (Å²) in [6, 6.07) is 26.2. The van der Waals surface area contributed by atoms with Crippen LogP contribution in [-0.2, 0) is 34.8 Å². The Balaban J connectivity index is 1.23. The molecule has 1 atom stereocenters. The van der Waals surface area contributed by atoms with Crippen LogP contribution in [0.2, 0.25) is 0 Å². The molecule has 0 bridgehead atoms. The highest BCUT2D eigenvalue weighted by molar-refractivity contribution is 7.91. The molecule has 0 N–H and O–H groups in total. The molecule has 0 saturated heterocycles. The highest BCUT2D eigenvalue weighted by atomic mass is 32.2. The molecule has 0 aliphatic carbocycles. The topological polar surface area (TPSA) is 109 Å². The first-order valence-electron chi connectivity index (χ1n) is 14.8. The quantitative estimate of drug-likeness (QED) is 0.165. The molecule has 0 amide bonds. The summed E-state index contributed by atoms with van der Waals surface area (Å²) in [6.45, 7) is 2.00. The van der Waals surface area contributed by atoms with E-state index in [1.807, 2.05) is 60.1 Å². The molecule has 3 aromatic heterocycles. The fraction of sp³-hybridized carbons (Fsp3) is 0.200. The number of rotatable bonds is 11. The molecule has 0 saturated carbocycles. The van der Waals surface area contributed by atoms with Gasteiger partial charge >= 0.3 is 0 Å². The number of aryl methyl sites for hydroxylation is 2. The molecule has 11 heteroatoms. The molecule has 234 valence electrons. The van der Waals surface area contributed by atoms with E-state index in [9.17, 15) is 17.6 Å². The standard InChI is InChI=1S/C35H32FN5O4S/c1-24-18-30(27-13-15-34(42)41(21-27)20-25-12-14-32-31(19-25)37-23-40(32)2)39-35(38-24)46(43,44)17-16-33(26-8-4-3-5-9-26)45-22-28-10-6-7-11-29(28)36/h3-15,18-19,21,23,33H,16-17,20,22H2,1-2H3. The second-order valence-electron chi connectivity index (χ2n) is 11.1. The molecule has 0 aliphatic rings. The van der Waals surface area contributed by atoms with Crippen molar-refractivity contribution in [1.29, 1.82) is 0 Å². The molecule has 1 unspecified atom stereocenters. The maximum Gasteiger partial charge on any atom is 0.250 e. The van der Waals surface area contributed by atoms with Crippen molar-refractivity contribution >= 4 is 20.9 Å². The maximum absolute atomic E-state index is 14.3. The molecular weight excluding hydrogens is 605 g/mol. The van der Waals surface area contributed by atoms with E-state index in [0.717, 1.165) is 22.2 Å². The third kappa shape index (κ3) is 6.95. The van der Waals surface area contributed by atoms with Crippen LogP contribution in [-0.4, -0.2) is 38.3 Å². The number of ether oxygens (including phenoxy) is 1. The average Bonchev–Trinajstić information content (AvgIpc) is 3.42. The Bertz CT molecular complexity index is 2180. The number of aromatic nitrogens is 5. The Morgan fingerprint density at radius 3 is 2.52 bits per heavy atom. The predicted molar refractivity (Wildman–Crippen MR) is 173 cm³/mol. The molecule has 0 fully saturated rings. The minimum atomic E-state index is -3.95. The van der Waals surface area contributed by atoms with Crippen LogP contribution in [0.1, 0.15) is 34.9 Å². The van der Waals surface area contributed by atoms with Gasteiger partial charge in [-0.2, -0.15) is 0 Å². The van der Waals surface area contributed by atoms with Crippen LogP contribution < -0.4 is 5.56 Å². The van der Waals surface area contributed by atoms with Crippen LogP contribution in [0.3, 0.4) is 0 Å². The zero-order valence-corrected chi connectivity index (χ0v) is 26.2.